The Morgan fingerprint density at radius 2 is 0.939 bits per heavy atom. The van der Waals surface area contributed by atoms with Gasteiger partial charge in [0, 0.05) is 44.7 Å². The third-order valence-corrected chi connectivity index (χ3v) is 9.65. The van der Waals surface area contributed by atoms with Crippen LogP contribution in [-0.2, 0) is 0 Å². The molecule has 10 aromatic rings. The van der Waals surface area contributed by atoms with E-state index in [-0.39, 0.29) is 0 Å². The average Bonchev–Trinajstić information content (AvgIpc) is 3.73. The van der Waals surface area contributed by atoms with Gasteiger partial charge < -0.3 is 13.7 Å². The molecule has 10 rings (SSSR count). The third-order valence-electron chi connectivity index (χ3n) is 9.65. The summed E-state index contributed by atoms with van der Waals surface area (Å²) in [4.78, 5) is 2.31. The van der Waals surface area contributed by atoms with Crippen molar-refractivity contribution in [1.29, 1.82) is 0 Å². The van der Waals surface area contributed by atoms with Gasteiger partial charge in [-0.3, -0.25) is 0 Å². The summed E-state index contributed by atoms with van der Waals surface area (Å²) in [6.45, 7) is 0. The molecule has 8 aromatic carbocycles. The maximum atomic E-state index is 6.36. The van der Waals surface area contributed by atoms with Gasteiger partial charge in [0.25, 0.3) is 0 Å². The zero-order chi connectivity index (χ0) is 32.3. The SMILES string of the molecule is c1cc(-c2ccc3ccccc3c2)cc(N(c2ccc(-c3cccc4oc5ccccc5c34)cc2)c2ccc3c(c2)oc2ccccc23)c1. The summed E-state index contributed by atoms with van der Waals surface area (Å²) < 4.78 is 12.6. The summed E-state index contributed by atoms with van der Waals surface area (Å²) in [5, 5.41) is 6.97. The molecule has 230 valence electrons. The van der Waals surface area contributed by atoms with Crippen molar-refractivity contribution in [3.8, 4) is 22.3 Å². The predicted octanol–water partition coefficient (Wildman–Crippen LogP) is 13.4. The number of para-hydroxylation sites is 2. The lowest BCUT2D eigenvalue weighted by Crippen LogP contribution is -2.10. The Balaban J connectivity index is 1.12. The van der Waals surface area contributed by atoms with E-state index in [0.717, 1.165) is 77.6 Å². The molecule has 0 saturated carbocycles. The quantitative estimate of drug-likeness (QED) is 0.190. The normalized spacial score (nSPS) is 11.7. The second kappa shape index (κ2) is 11.0. The van der Waals surface area contributed by atoms with Gasteiger partial charge in [-0.15, -0.1) is 0 Å². The van der Waals surface area contributed by atoms with Gasteiger partial charge >= 0.3 is 0 Å². The molecule has 0 saturated heterocycles. The molecule has 3 nitrogen and oxygen atoms in total. The number of furan rings is 2. The highest BCUT2D eigenvalue weighted by Gasteiger charge is 2.18. The molecule has 0 spiro atoms. The van der Waals surface area contributed by atoms with Crippen molar-refractivity contribution < 1.29 is 8.83 Å². The second-order valence-electron chi connectivity index (χ2n) is 12.6. The lowest BCUT2D eigenvalue weighted by molar-refractivity contribution is 0.668. The average molecular weight is 628 g/mol. The summed E-state index contributed by atoms with van der Waals surface area (Å²) in [6, 6.07) is 62.1. The van der Waals surface area contributed by atoms with Crippen molar-refractivity contribution in [3.05, 3.63) is 176 Å². The maximum Gasteiger partial charge on any atom is 0.137 e. The van der Waals surface area contributed by atoms with E-state index >= 15 is 0 Å². The largest absolute Gasteiger partial charge is 0.456 e. The van der Waals surface area contributed by atoms with Crippen LogP contribution < -0.4 is 4.90 Å². The number of hydrogen-bond donors (Lipinski definition) is 0. The van der Waals surface area contributed by atoms with Crippen molar-refractivity contribution in [1.82, 2.24) is 0 Å². The lowest BCUT2D eigenvalue weighted by Gasteiger charge is -2.26. The van der Waals surface area contributed by atoms with Gasteiger partial charge in [-0.25, -0.2) is 0 Å². The molecule has 0 aliphatic heterocycles. The fraction of sp³-hybridized carbons (Fsp3) is 0. The molecule has 0 unspecified atom stereocenters. The Morgan fingerprint density at radius 3 is 1.82 bits per heavy atom. The van der Waals surface area contributed by atoms with Crippen LogP contribution in [0.1, 0.15) is 0 Å². The summed E-state index contributed by atoms with van der Waals surface area (Å²) in [7, 11) is 0. The Kier molecular flexibility index (Phi) is 6.18. The molecule has 0 radical (unpaired) electrons. The van der Waals surface area contributed by atoms with Crippen LogP contribution in [0.5, 0.6) is 0 Å². The van der Waals surface area contributed by atoms with Crippen LogP contribution in [0.15, 0.2) is 185 Å². The van der Waals surface area contributed by atoms with Crippen LogP contribution in [0, 0.1) is 0 Å². The van der Waals surface area contributed by atoms with E-state index in [1.54, 1.807) is 0 Å². The minimum atomic E-state index is 0.865. The van der Waals surface area contributed by atoms with Crippen LogP contribution in [0.3, 0.4) is 0 Å². The monoisotopic (exact) mass is 627 g/mol. The Labute approximate surface area is 282 Å². The first-order valence-corrected chi connectivity index (χ1v) is 16.6. The van der Waals surface area contributed by atoms with E-state index in [4.69, 9.17) is 8.83 Å². The van der Waals surface area contributed by atoms with Crippen LogP contribution >= 0.6 is 0 Å². The number of rotatable bonds is 5. The molecule has 0 fully saturated rings. The second-order valence-corrected chi connectivity index (χ2v) is 12.6. The Morgan fingerprint density at radius 1 is 0.327 bits per heavy atom. The van der Waals surface area contributed by atoms with Crippen molar-refractivity contribution in [3.63, 3.8) is 0 Å². The minimum Gasteiger partial charge on any atom is -0.456 e. The Hall–Kier alpha value is -6.58. The van der Waals surface area contributed by atoms with Crippen LogP contribution in [0.25, 0.3) is 76.9 Å². The van der Waals surface area contributed by atoms with Crippen LogP contribution in [0.4, 0.5) is 17.1 Å². The summed E-state index contributed by atoms with van der Waals surface area (Å²) >= 11 is 0. The van der Waals surface area contributed by atoms with Gasteiger partial charge in [-0.2, -0.15) is 0 Å². The van der Waals surface area contributed by atoms with Crippen molar-refractivity contribution in [2.75, 3.05) is 4.90 Å². The number of fused-ring (bicyclic) bond motifs is 7. The van der Waals surface area contributed by atoms with Gasteiger partial charge in [0.1, 0.15) is 22.3 Å². The molecule has 49 heavy (non-hydrogen) atoms. The first-order valence-electron chi connectivity index (χ1n) is 16.6. The molecule has 2 aromatic heterocycles. The van der Waals surface area contributed by atoms with Gasteiger partial charge in [0.2, 0.25) is 0 Å². The van der Waals surface area contributed by atoms with Gasteiger partial charge in [-0.1, -0.05) is 109 Å². The summed E-state index contributed by atoms with van der Waals surface area (Å²) in [5.41, 5.74) is 11.3. The maximum absolute atomic E-state index is 6.36. The number of hydrogen-bond acceptors (Lipinski definition) is 3. The molecule has 0 amide bonds. The standard InChI is InChI=1S/C46H29NO2/c1-2-10-32-27-34(20-19-30(32)9-1)33-11-7-12-36(28-33)47(37-25-26-40-39-13-3-5-16-42(39)49-45(40)29-37)35-23-21-31(22-24-35)38-15-8-18-44-46(38)41-14-4-6-17-43(41)48-44/h1-29H. The summed E-state index contributed by atoms with van der Waals surface area (Å²) in [6.07, 6.45) is 0. The van der Waals surface area contributed by atoms with Crippen LogP contribution in [0.2, 0.25) is 0 Å². The van der Waals surface area contributed by atoms with E-state index in [0.29, 0.717) is 0 Å². The van der Waals surface area contributed by atoms with E-state index in [9.17, 15) is 0 Å². The van der Waals surface area contributed by atoms with Crippen molar-refractivity contribution in [2.45, 2.75) is 0 Å². The highest BCUT2D eigenvalue weighted by molar-refractivity contribution is 6.12. The first kappa shape index (κ1) is 27.5. The van der Waals surface area contributed by atoms with E-state index in [2.05, 4.69) is 150 Å². The third kappa shape index (κ3) is 4.59. The van der Waals surface area contributed by atoms with E-state index in [1.165, 1.54) is 16.3 Å². The molecular weight excluding hydrogens is 599 g/mol. The fourth-order valence-electron chi connectivity index (χ4n) is 7.30. The molecule has 3 heteroatoms. The van der Waals surface area contributed by atoms with Gasteiger partial charge in [-0.05, 0) is 93.7 Å². The molecule has 0 bridgehead atoms. The van der Waals surface area contributed by atoms with Gasteiger partial charge in [0.05, 0.1) is 0 Å². The summed E-state index contributed by atoms with van der Waals surface area (Å²) in [5.74, 6) is 0. The number of anilines is 3. The zero-order valence-electron chi connectivity index (χ0n) is 26.5. The zero-order valence-corrected chi connectivity index (χ0v) is 26.5. The van der Waals surface area contributed by atoms with E-state index < -0.39 is 0 Å². The minimum absolute atomic E-state index is 0.865. The predicted molar refractivity (Wildman–Crippen MR) is 204 cm³/mol. The first-order chi connectivity index (χ1) is 24.3. The smallest absolute Gasteiger partial charge is 0.137 e. The lowest BCUT2D eigenvalue weighted by atomic mass is 9.98. The van der Waals surface area contributed by atoms with Crippen molar-refractivity contribution in [2.24, 2.45) is 0 Å². The topological polar surface area (TPSA) is 29.5 Å². The van der Waals surface area contributed by atoms with E-state index in [1.807, 2.05) is 30.3 Å². The highest BCUT2D eigenvalue weighted by atomic mass is 16.3. The number of nitrogens with zero attached hydrogens (tertiary/aromatic N) is 1. The molecule has 0 aliphatic rings. The van der Waals surface area contributed by atoms with Crippen molar-refractivity contribution >= 4 is 71.7 Å². The Bertz CT molecular complexity index is 2840. The molecule has 0 atom stereocenters. The number of benzene rings is 8. The highest BCUT2D eigenvalue weighted by Crippen LogP contribution is 2.42. The van der Waals surface area contributed by atoms with Crippen LogP contribution in [-0.4, -0.2) is 0 Å². The molecule has 2 heterocycles. The fourth-order valence-corrected chi connectivity index (χ4v) is 7.30. The van der Waals surface area contributed by atoms with Gasteiger partial charge in [0.15, 0.2) is 0 Å². The molecule has 0 N–H and O–H groups in total. The molecule has 0 aliphatic carbocycles. The molecular formula is C46H29NO2.